The van der Waals surface area contributed by atoms with Crippen LogP contribution < -0.4 is 0 Å². The van der Waals surface area contributed by atoms with Gasteiger partial charge in [-0.15, -0.1) is 0 Å². The Morgan fingerprint density at radius 2 is 1.82 bits per heavy atom. The Balaban J connectivity index is 2.82. The summed E-state index contributed by atoms with van der Waals surface area (Å²) >= 11 is 0. The highest BCUT2D eigenvalue weighted by molar-refractivity contribution is 7.90. The summed E-state index contributed by atoms with van der Waals surface area (Å²) in [5.41, 5.74) is 1.31. The Morgan fingerprint density at radius 1 is 1.29 bits per heavy atom. The van der Waals surface area contributed by atoms with Crippen LogP contribution in [0, 0.1) is 0 Å². The number of hydrogen-bond donors (Lipinski definition) is 1. The summed E-state index contributed by atoms with van der Waals surface area (Å²) in [4.78, 5) is 10.6. The van der Waals surface area contributed by atoms with Gasteiger partial charge in [0.1, 0.15) is 0 Å². The quantitative estimate of drug-likeness (QED) is 0.814. The fourth-order valence-corrected chi connectivity index (χ4v) is 2.98. The molecule has 0 spiro atoms. The van der Waals surface area contributed by atoms with Crippen molar-refractivity contribution in [2.24, 2.45) is 0 Å². The fourth-order valence-electron chi connectivity index (χ4n) is 1.42. The van der Waals surface area contributed by atoms with Gasteiger partial charge >= 0.3 is 5.97 Å². The first-order chi connectivity index (χ1) is 7.80. The monoisotopic (exact) mass is 254 g/mol. The van der Waals surface area contributed by atoms with E-state index in [9.17, 15) is 13.2 Å². The molecule has 0 amide bonds. The molecule has 4 nitrogen and oxygen atoms in total. The lowest BCUT2D eigenvalue weighted by Crippen LogP contribution is -2.10. The van der Waals surface area contributed by atoms with Crippen molar-refractivity contribution in [2.75, 3.05) is 5.75 Å². The van der Waals surface area contributed by atoms with E-state index in [2.05, 4.69) is 6.58 Å². The average Bonchev–Trinajstić information content (AvgIpc) is 2.15. The first kappa shape index (κ1) is 13.4. The van der Waals surface area contributed by atoms with E-state index in [-0.39, 0.29) is 17.1 Å². The highest BCUT2D eigenvalue weighted by atomic mass is 32.2. The standard InChI is InChI=1S/C12H14O4S/c1-9(2)7-17(15,16)8-10-3-5-11(6-4-10)12(13)14/h3-6H,1,7-8H2,2H3,(H,13,14). The van der Waals surface area contributed by atoms with E-state index in [0.29, 0.717) is 11.1 Å². The molecule has 0 aliphatic heterocycles. The molecule has 0 bridgehead atoms. The van der Waals surface area contributed by atoms with Crippen LogP contribution in [0.4, 0.5) is 0 Å². The van der Waals surface area contributed by atoms with Crippen LogP contribution >= 0.6 is 0 Å². The second-order valence-electron chi connectivity index (χ2n) is 3.99. The van der Waals surface area contributed by atoms with Crippen LogP contribution in [0.5, 0.6) is 0 Å². The molecule has 5 heteroatoms. The van der Waals surface area contributed by atoms with E-state index in [0.717, 1.165) is 0 Å². The van der Waals surface area contributed by atoms with Gasteiger partial charge < -0.3 is 5.11 Å². The summed E-state index contributed by atoms with van der Waals surface area (Å²) in [5, 5.41) is 8.70. The van der Waals surface area contributed by atoms with Crippen LogP contribution in [0.3, 0.4) is 0 Å². The van der Waals surface area contributed by atoms with Crippen LogP contribution in [-0.4, -0.2) is 25.2 Å². The number of aromatic carboxylic acids is 1. The Bertz CT molecular complexity index is 526. The van der Waals surface area contributed by atoms with Gasteiger partial charge in [0.05, 0.1) is 17.1 Å². The van der Waals surface area contributed by atoms with Crippen molar-refractivity contribution in [1.82, 2.24) is 0 Å². The topological polar surface area (TPSA) is 71.4 Å². The van der Waals surface area contributed by atoms with Gasteiger partial charge in [0.25, 0.3) is 0 Å². The normalized spacial score (nSPS) is 11.1. The van der Waals surface area contributed by atoms with E-state index < -0.39 is 15.8 Å². The minimum absolute atomic E-state index is 0.0479. The van der Waals surface area contributed by atoms with Crippen LogP contribution in [-0.2, 0) is 15.6 Å². The predicted molar refractivity (Wildman–Crippen MR) is 65.7 cm³/mol. The molecule has 1 aromatic rings. The highest BCUT2D eigenvalue weighted by Gasteiger charge is 2.12. The van der Waals surface area contributed by atoms with Crippen molar-refractivity contribution in [1.29, 1.82) is 0 Å². The first-order valence-corrected chi connectivity index (χ1v) is 6.79. The molecule has 1 rings (SSSR count). The largest absolute Gasteiger partial charge is 0.478 e. The van der Waals surface area contributed by atoms with Crippen molar-refractivity contribution in [3.8, 4) is 0 Å². The Labute approximate surface area is 101 Å². The smallest absolute Gasteiger partial charge is 0.335 e. The maximum Gasteiger partial charge on any atom is 0.335 e. The molecule has 0 saturated carbocycles. The zero-order chi connectivity index (χ0) is 13.1. The van der Waals surface area contributed by atoms with Crippen molar-refractivity contribution >= 4 is 15.8 Å². The van der Waals surface area contributed by atoms with E-state index in [1.165, 1.54) is 24.3 Å². The number of hydrogen-bond acceptors (Lipinski definition) is 3. The molecule has 0 saturated heterocycles. The third-order valence-electron chi connectivity index (χ3n) is 2.05. The number of benzene rings is 1. The van der Waals surface area contributed by atoms with Crippen LogP contribution in [0.25, 0.3) is 0 Å². The van der Waals surface area contributed by atoms with Crippen LogP contribution in [0.1, 0.15) is 22.8 Å². The molecule has 1 aromatic carbocycles. The zero-order valence-corrected chi connectivity index (χ0v) is 10.3. The SMILES string of the molecule is C=C(C)CS(=O)(=O)Cc1ccc(C(=O)O)cc1. The summed E-state index contributed by atoms with van der Waals surface area (Å²) in [7, 11) is -3.21. The lowest BCUT2D eigenvalue weighted by Gasteiger charge is -2.04. The molecule has 17 heavy (non-hydrogen) atoms. The van der Waals surface area contributed by atoms with Crippen molar-refractivity contribution in [3.63, 3.8) is 0 Å². The van der Waals surface area contributed by atoms with E-state index >= 15 is 0 Å². The molecule has 1 N–H and O–H groups in total. The molecule has 0 aromatic heterocycles. The molecule has 0 radical (unpaired) electrons. The maximum absolute atomic E-state index is 11.7. The third-order valence-corrected chi connectivity index (χ3v) is 3.76. The number of sulfone groups is 1. The van der Waals surface area contributed by atoms with Gasteiger partial charge in [-0.1, -0.05) is 24.3 Å². The summed E-state index contributed by atoms with van der Waals surface area (Å²) in [6.07, 6.45) is 0. The minimum Gasteiger partial charge on any atom is -0.478 e. The van der Waals surface area contributed by atoms with E-state index in [1.807, 2.05) is 0 Å². The maximum atomic E-state index is 11.7. The molecule has 0 unspecified atom stereocenters. The molecule has 92 valence electrons. The average molecular weight is 254 g/mol. The first-order valence-electron chi connectivity index (χ1n) is 4.97. The molecule has 0 atom stereocenters. The highest BCUT2D eigenvalue weighted by Crippen LogP contribution is 2.10. The summed E-state index contributed by atoms with van der Waals surface area (Å²) < 4.78 is 23.3. The summed E-state index contributed by atoms with van der Waals surface area (Å²) in [5.74, 6) is -1.17. The predicted octanol–water partition coefficient (Wildman–Crippen LogP) is 1.88. The Morgan fingerprint density at radius 3 is 2.24 bits per heavy atom. The lowest BCUT2D eigenvalue weighted by molar-refractivity contribution is 0.0697. The van der Waals surface area contributed by atoms with Gasteiger partial charge in [-0.2, -0.15) is 0 Å². The van der Waals surface area contributed by atoms with Gasteiger partial charge in [0.15, 0.2) is 9.84 Å². The Kier molecular flexibility index (Phi) is 4.07. The van der Waals surface area contributed by atoms with Gasteiger partial charge in [0.2, 0.25) is 0 Å². The lowest BCUT2D eigenvalue weighted by atomic mass is 10.1. The second-order valence-corrected chi connectivity index (χ2v) is 6.06. The van der Waals surface area contributed by atoms with Crippen molar-refractivity contribution < 1.29 is 18.3 Å². The molecular weight excluding hydrogens is 240 g/mol. The molecular formula is C12H14O4S. The Hall–Kier alpha value is -1.62. The van der Waals surface area contributed by atoms with Crippen molar-refractivity contribution in [3.05, 3.63) is 47.5 Å². The van der Waals surface area contributed by atoms with E-state index in [4.69, 9.17) is 5.11 Å². The number of carboxylic acid groups (broad SMARTS) is 1. The number of rotatable bonds is 5. The van der Waals surface area contributed by atoms with Crippen LogP contribution in [0.2, 0.25) is 0 Å². The number of carbonyl (C=O) groups is 1. The van der Waals surface area contributed by atoms with Gasteiger partial charge in [-0.05, 0) is 24.6 Å². The molecule has 0 aliphatic carbocycles. The van der Waals surface area contributed by atoms with E-state index in [1.54, 1.807) is 6.92 Å². The van der Waals surface area contributed by atoms with Gasteiger partial charge in [0, 0.05) is 0 Å². The van der Waals surface area contributed by atoms with Crippen LogP contribution in [0.15, 0.2) is 36.4 Å². The molecule has 0 heterocycles. The summed E-state index contributed by atoms with van der Waals surface area (Å²) in [6, 6.07) is 5.82. The number of carboxylic acids is 1. The van der Waals surface area contributed by atoms with Gasteiger partial charge in [-0.25, -0.2) is 13.2 Å². The zero-order valence-electron chi connectivity index (χ0n) is 9.51. The third kappa shape index (κ3) is 4.40. The van der Waals surface area contributed by atoms with Crippen molar-refractivity contribution in [2.45, 2.75) is 12.7 Å². The summed E-state index contributed by atoms with van der Waals surface area (Å²) in [6.45, 7) is 5.22. The van der Waals surface area contributed by atoms with Gasteiger partial charge in [-0.3, -0.25) is 0 Å². The second kappa shape index (κ2) is 5.14. The fraction of sp³-hybridized carbons (Fsp3) is 0.250. The molecule has 0 fully saturated rings. The molecule has 0 aliphatic rings. The minimum atomic E-state index is -3.21.